The summed E-state index contributed by atoms with van der Waals surface area (Å²) in [6.07, 6.45) is -0.227. The lowest BCUT2D eigenvalue weighted by atomic mass is 9.93. The van der Waals surface area contributed by atoms with Crippen molar-refractivity contribution in [1.82, 2.24) is 0 Å². The van der Waals surface area contributed by atoms with Gasteiger partial charge in [0.1, 0.15) is 5.82 Å². The number of halogens is 1. The Morgan fingerprint density at radius 3 is 2.12 bits per heavy atom. The van der Waals surface area contributed by atoms with E-state index in [0.29, 0.717) is 5.56 Å². The highest BCUT2D eigenvalue weighted by Crippen LogP contribution is 2.30. The van der Waals surface area contributed by atoms with E-state index in [-0.39, 0.29) is 6.42 Å². The molecule has 0 heterocycles. The van der Waals surface area contributed by atoms with Gasteiger partial charge in [0.15, 0.2) is 0 Å². The first-order chi connectivity index (χ1) is 11.6. The first-order valence-corrected chi connectivity index (χ1v) is 7.65. The largest absolute Gasteiger partial charge is 0.481 e. The summed E-state index contributed by atoms with van der Waals surface area (Å²) in [6.45, 7) is 5.01. The van der Waals surface area contributed by atoms with Crippen LogP contribution in [0.1, 0.15) is 36.1 Å². The lowest BCUT2D eigenvalue weighted by Gasteiger charge is -2.14. The van der Waals surface area contributed by atoms with Gasteiger partial charge in [0.2, 0.25) is 0 Å². The van der Waals surface area contributed by atoms with Crippen LogP contribution < -0.4 is 5.73 Å². The maximum Gasteiger partial charge on any atom is 0.305 e. The molecule has 1 atom stereocenters. The molecule has 0 aliphatic heterocycles. The molecule has 0 spiro atoms. The predicted molar refractivity (Wildman–Crippen MR) is 93.8 cm³/mol. The molecule has 0 saturated carbocycles. The van der Waals surface area contributed by atoms with Crippen LogP contribution in [0.4, 0.5) is 4.39 Å². The molecule has 0 aromatic heterocycles. The molecule has 25 heavy (non-hydrogen) atoms. The second-order valence-electron chi connectivity index (χ2n) is 5.76. The first kappa shape index (κ1) is 20.3. The maximum absolute atomic E-state index is 13.9. The van der Waals surface area contributed by atoms with Gasteiger partial charge in [-0.15, -0.1) is 0 Å². The number of aliphatic carboxylic acids is 2. The third kappa shape index (κ3) is 6.35. The normalized spacial score (nSPS) is 11.2. The summed E-state index contributed by atoms with van der Waals surface area (Å²) in [5.41, 5.74) is 10.1. The van der Waals surface area contributed by atoms with E-state index in [1.165, 1.54) is 12.1 Å². The zero-order chi connectivity index (χ0) is 19.1. The Morgan fingerprint density at radius 1 is 1.12 bits per heavy atom. The molecule has 0 saturated heterocycles. The highest BCUT2D eigenvalue weighted by molar-refractivity contribution is 5.72. The lowest BCUT2D eigenvalue weighted by molar-refractivity contribution is -0.137. The topological polar surface area (TPSA) is 101 Å². The van der Waals surface area contributed by atoms with Crippen molar-refractivity contribution in [3.05, 3.63) is 58.9 Å². The molecule has 0 amide bonds. The number of aryl methyl sites for hydroxylation is 2. The first-order valence-electron chi connectivity index (χ1n) is 7.65. The molecule has 1 unspecified atom stereocenters. The van der Waals surface area contributed by atoms with E-state index in [0.717, 1.165) is 29.2 Å². The van der Waals surface area contributed by atoms with Crippen molar-refractivity contribution in [2.45, 2.75) is 33.2 Å². The van der Waals surface area contributed by atoms with E-state index in [4.69, 9.17) is 20.7 Å². The summed E-state index contributed by atoms with van der Waals surface area (Å²) in [5, 5.41) is 16.2. The summed E-state index contributed by atoms with van der Waals surface area (Å²) < 4.78 is 13.9. The molecule has 2 aromatic carbocycles. The van der Waals surface area contributed by atoms with E-state index in [1.54, 1.807) is 6.07 Å². The Balaban J connectivity index is 0.000000705. The second-order valence-corrected chi connectivity index (χ2v) is 5.76. The summed E-state index contributed by atoms with van der Waals surface area (Å²) >= 11 is 0. The molecule has 134 valence electrons. The quantitative estimate of drug-likeness (QED) is 0.783. The Bertz CT molecular complexity index is 750. The van der Waals surface area contributed by atoms with Crippen molar-refractivity contribution < 1.29 is 24.2 Å². The number of benzene rings is 2. The molecular formula is C19H22FNO4. The van der Waals surface area contributed by atoms with Crippen LogP contribution in [-0.2, 0) is 9.59 Å². The van der Waals surface area contributed by atoms with Crippen LogP contribution in [0.25, 0.3) is 11.1 Å². The van der Waals surface area contributed by atoms with Crippen molar-refractivity contribution in [3.63, 3.8) is 0 Å². The molecule has 0 radical (unpaired) electrons. The van der Waals surface area contributed by atoms with Crippen LogP contribution in [0.15, 0.2) is 36.4 Å². The minimum atomic E-state index is -1.000. The average molecular weight is 347 g/mol. The molecule has 4 N–H and O–H groups in total. The van der Waals surface area contributed by atoms with E-state index in [2.05, 4.69) is 0 Å². The fraction of sp³-hybridized carbons (Fsp3) is 0.263. The van der Waals surface area contributed by atoms with Crippen LogP contribution in [0.2, 0.25) is 0 Å². The van der Waals surface area contributed by atoms with Gasteiger partial charge in [-0.25, -0.2) is 4.39 Å². The summed E-state index contributed by atoms with van der Waals surface area (Å²) in [4.78, 5) is 19.8. The number of carboxylic acid groups (broad SMARTS) is 2. The fourth-order valence-electron chi connectivity index (χ4n) is 2.55. The Kier molecular flexibility index (Phi) is 7.26. The number of hydrogen-bond donors (Lipinski definition) is 3. The van der Waals surface area contributed by atoms with Gasteiger partial charge in [-0.05, 0) is 59.9 Å². The number of nitrogens with two attached hydrogens (primary N) is 1. The number of carboxylic acids is 2. The highest BCUT2D eigenvalue weighted by Gasteiger charge is 2.14. The van der Waals surface area contributed by atoms with E-state index in [1.807, 2.05) is 32.0 Å². The van der Waals surface area contributed by atoms with Gasteiger partial charge in [0.05, 0.1) is 6.42 Å². The molecule has 6 heteroatoms. The Labute approximate surface area is 145 Å². The van der Waals surface area contributed by atoms with E-state index in [9.17, 15) is 9.18 Å². The van der Waals surface area contributed by atoms with Crippen LogP contribution in [0, 0.1) is 19.7 Å². The molecule has 2 aromatic rings. The van der Waals surface area contributed by atoms with Crippen LogP contribution in [-0.4, -0.2) is 22.2 Å². The minimum absolute atomic E-state index is 0.227. The molecular weight excluding hydrogens is 325 g/mol. The number of rotatable bonds is 4. The van der Waals surface area contributed by atoms with Gasteiger partial charge in [-0.1, -0.05) is 18.2 Å². The van der Waals surface area contributed by atoms with Crippen LogP contribution >= 0.6 is 0 Å². The average Bonchev–Trinajstić information content (AvgIpc) is 2.45. The van der Waals surface area contributed by atoms with Gasteiger partial charge in [-0.2, -0.15) is 0 Å². The van der Waals surface area contributed by atoms with Crippen LogP contribution in [0.5, 0.6) is 0 Å². The van der Waals surface area contributed by atoms with Crippen molar-refractivity contribution in [2.24, 2.45) is 5.73 Å². The lowest BCUT2D eigenvalue weighted by Crippen LogP contribution is -2.15. The summed E-state index contributed by atoms with van der Waals surface area (Å²) in [5.74, 6) is -2.24. The smallest absolute Gasteiger partial charge is 0.305 e. The van der Waals surface area contributed by atoms with E-state index < -0.39 is 23.8 Å². The standard InChI is InChI=1S/C17H18FNO2.C2H4O2/c1-10-4-3-5-11(2)17(10)13-6-12(7-14(18)8-13)15(19)9-16(20)21;1-2(3)4/h3-8,15H,9,19H2,1-2H3,(H,20,21);1H3,(H,3,4). The monoisotopic (exact) mass is 347 g/mol. The predicted octanol–water partition coefficient (Wildman–Crippen LogP) is 3.67. The van der Waals surface area contributed by atoms with E-state index >= 15 is 0 Å². The van der Waals surface area contributed by atoms with Crippen molar-refractivity contribution >= 4 is 11.9 Å². The molecule has 0 aliphatic carbocycles. The molecule has 2 rings (SSSR count). The van der Waals surface area contributed by atoms with Gasteiger partial charge in [0, 0.05) is 13.0 Å². The molecule has 0 bridgehead atoms. The minimum Gasteiger partial charge on any atom is -0.481 e. The van der Waals surface area contributed by atoms with Crippen molar-refractivity contribution in [1.29, 1.82) is 0 Å². The maximum atomic E-state index is 13.9. The van der Waals surface area contributed by atoms with Gasteiger partial charge in [-0.3, -0.25) is 9.59 Å². The van der Waals surface area contributed by atoms with Crippen LogP contribution in [0.3, 0.4) is 0 Å². The zero-order valence-corrected chi connectivity index (χ0v) is 14.4. The van der Waals surface area contributed by atoms with Gasteiger partial charge in [0.25, 0.3) is 5.97 Å². The Hall–Kier alpha value is -2.73. The van der Waals surface area contributed by atoms with Crippen molar-refractivity contribution in [3.8, 4) is 11.1 Å². The third-order valence-electron chi connectivity index (χ3n) is 3.51. The zero-order valence-electron chi connectivity index (χ0n) is 14.4. The molecule has 5 nitrogen and oxygen atoms in total. The molecule has 0 aliphatic rings. The molecule has 0 fully saturated rings. The van der Waals surface area contributed by atoms with Gasteiger partial charge >= 0.3 is 5.97 Å². The number of carbonyl (C=O) groups is 2. The second kappa shape index (κ2) is 8.94. The van der Waals surface area contributed by atoms with Crippen molar-refractivity contribution in [2.75, 3.05) is 0 Å². The number of hydrogen-bond acceptors (Lipinski definition) is 3. The summed E-state index contributed by atoms with van der Waals surface area (Å²) in [6, 6.07) is 9.67. The third-order valence-corrected chi connectivity index (χ3v) is 3.51. The summed E-state index contributed by atoms with van der Waals surface area (Å²) in [7, 11) is 0. The highest BCUT2D eigenvalue weighted by atomic mass is 19.1. The SMILES string of the molecule is CC(=O)O.Cc1cccc(C)c1-c1cc(F)cc(C(N)CC(=O)O)c1. The fourth-order valence-corrected chi connectivity index (χ4v) is 2.55. The Morgan fingerprint density at radius 2 is 1.64 bits per heavy atom. The van der Waals surface area contributed by atoms with Gasteiger partial charge < -0.3 is 15.9 Å².